The van der Waals surface area contributed by atoms with Crippen LogP contribution in [-0.4, -0.2) is 78.1 Å². The maximum atomic E-state index is 14.7. The normalized spacial score (nSPS) is 24.6. The summed E-state index contributed by atoms with van der Waals surface area (Å²) in [5.74, 6) is 1.20. The Morgan fingerprint density at radius 3 is 2.02 bits per heavy atom. The van der Waals surface area contributed by atoms with E-state index >= 15 is 0 Å². The summed E-state index contributed by atoms with van der Waals surface area (Å²) in [6, 6.07) is 27.5. The highest BCUT2D eigenvalue weighted by Crippen LogP contribution is 2.40. The van der Waals surface area contributed by atoms with E-state index in [-0.39, 0.29) is 48.0 Å². The molecule has 2 bridgehead atoms. The number of nitrogens with zero attached hydrogens (tertiary/aromatic N) is 2. The van der Waals surface area contributed by atoms with Crippen molar-refractivity contribution in [1.29, 1.82) is 0 Å². The van der Waals surface area contributed by atoms with Crippen molar-refractivity contribution in [2.24, 2.45) is 0 Å². The number of nitrogens with one attached hydrogen (secondary N) is 1. The van der Waals surface area contributed by atoms with E-state index in [0.29, 0.717) is 18.6 Å². The molecule has 2 amide bonds. The summed E-state index contributed by atoms with van der Waals surface area (Å²) in [6.45, 7) is 5.53. The van der Waals surface area contributed by atoms with E-state index in [1.165, 1.54) is 17.1 Å². The Morgan fingerprint density at radius 2 is 1.33 bits per heavy atom. The van der Waals surface area contributed by atoms with Crippen LogP contribution in [0.1, 0.15) is 78.6 Å². The minimum Gasteiger partial charge on any atom is -0.490 e. The molecule has 2 unspecified atom stereocenters. The lowest BCUT2D eigenvalue weighted by Crippen LogP contribution is -2.57. The highest BCUT2D eigenvalue weighted by molar-refractivity contribution is 7.89. The smallest absolute Gasteiger partial charge is 0.407 e. The number of rotatable bonds is 9. The van der Waals surface area contributed by atoms with Gasteiger partial charge >= 0.3 is 6.09 Å². The van der Waals surface area contributed by atoms with Gasteiger partial charge in [0.2, 0.25) is 15.9 Å². The minimum atomic E-state index is -4.12. The molecule has 8 rings (SSSR count). The Hall–Kier alpha value is -4.61. The summed E-state index contributed by atoms with van der Waals surface area (Å²) in [5, 5.41) is 4.69. The largest absolute Gasteiger partial charge is 0.490 e. The van der Waals surface area contributed by atoms with Crippen molar-refractivity contribution >= 4 is 32.8 Å². The number of hydrogen-bond donors (Lipinski definition) is 1. The van der Waals surface area contributed by atoms with Gasteiger partial charge in [-0.2, -0.15) is 4.31 Å². The average Bonchev–Trinajstić information content (AvgIpc) is 3.89. The third-order valence-electron chi connectivity index (χ3n) is 11.5. The van der Waals surface area contributed by atoms with Crippen LogP contribution in [0.2, 0.25) is 0 Å². The molecular formula is C44H51N3O7S. The Morgan fingerprint density at radius 1 is 0.709 bits per heavy atom. The van der Waals surface area contributed by atoms with Gasteiger partial charge in [-0.05, 0) is 130 Å². The Labute approximate surface area is 324 Å². The van der Waals surface area contributed by atoms with Crippen LogP contribution in [0.15, 0.2) is 95.9 Å². The molecular weight excluding hydrogens is 715 g/mol. The number of carbonyl (C=O) groups is 2. The lowest BCUT2D eigenvalue weighted by molar-refractivity contribution is -0.139. The monoisotopic (exact) mass is 765 g/mol. The second kappa shape index (κ2) is 15.1. The number of fused-ring (bicyclic) bond motifs is 3. The second-order valence-electron chi connectivity index (χ2n) is 16.6. The standard InChI is InChI=1S/C44H51N3O7S/c1-44(2,3)54-43(49)45-33-25-34-17-18-35(26-33)47(34)42(48)41-27-39(53-37-19-13-30(14-20-37)29-9-5-4-6-10-29)28-46(41)55(50,51)40-22-16-31-23-38(21-15-32(31)24-40)52-36-11-7-8-12-36/h4-6,9-10,13-16,19-24,33-36,39,41H,7-8,11-12,17-18,25-28H2,1-3H3,(H,45,49)/t33?,34?,35?,39-,41-/m0/s1. The number of amides is 2. The van der Waals surface area contributed by atoms with Crippen molar-refractivity contribution in [1.82, 2.24) is 14.5 Å². The first-order valence-corrected chi connectivity index (χ1v) is 21.2. The Kier molecular flexibility index (Phi) is 10.3. The van der Waals surface area contributed by atoms with Gasteiger partial charge < -0.3 is 24.4 Å². The first kappa shape index (κ1) is 37.3. The molecule has 4 atom stereocenters. The molecule has 3 saturated heterocycles. The van der Waals surface area contributed by atoms with Gasteiger partial charge in [-0.1, -0.05) is 54.6 Å². The first-order chi connectivity index (χ1) is 26.4. The first-order valence-electron chi connectivity index (χ1n) is 19.8. The number of sulfonamides is 1. The fourth-order valence-corrected chi connectivity index (χ4v) is 10.6. The number of alkyl carbamates (subject to hydrolysis) is 1. The molecule has 11 heteroatoms. The lowest BCUT2D eigenvalue weighted by atomic mass is 9.96. The summed E-state index contributed by atoms with van der Waals surface area (Å²) in [7, 11) is -4.12. The van der Waals surface area contributed by atoms with Gasteiger partial charge in [0.25, 0.3) is 0 Å². The van der Waals surface area contributed by atoms with E-state index in [1.54, 1.807) is 12.1 Å². The summed E-state index contributed by atoms with van der Waals surface area (Å²) in [5.41, 5.74) is 1.52. The van der Waals surface area contributed by atoms with Gasteiger partial charge in [0.1, 0.15) is 29.2 Å². The van der Waals surface area contributed by atoms with Crippen LogP contribution in [0, 0.1) is 0 Å². The molecule has 1 aliphatic carbocycles. The average molecular weight is 766 g/mol. The van der Waals surface area contributed by atoms with Crippen molar-refractivity contribution in [3.63, 3.8) is 0 Å². The van der Waals surface area contributed by atoms with Crippen LogP contribution in [0.4, 0.5) is 4.79 Å². The van der Waals surface area contributed by atoms with Crippen molar-refractivity contribution in [3.8, 4) is 22.6 Å². The van der Waals surface area contributed by atoms with Crippen molar-refractivity contribution in [2.75, 3.05) is 6.54 Å². The third-order valence-corrected chi connectivity index (χ3v) is 13.3. The Balaban J connectivity index is 1.04. The molecule has 3 heterocycles. The second-order valence-corrected chi connectivity index (χ2v) is 18.5. The van der Waals surface area contributed by atoms with Crippen LogP contribution < -0.4 is 14.8 Å². The fourth-order valence-electron chi connectivity index (χ4n) is 8.96. The quantitative estimate of drug-likeness (QED) is 0.183. The molecule has 55 heavy (non-hydrogen) atoms. The molecule has 4 aromatic rings. The van der Waals surface area contributed by atoms with Crippen LogP contribution in [0.3, 0.4) is 0 Å². The zero-order valence-corrected chi connectivity index (χ0v) is 32.7. The predicted octanol–water partition coefficient (Wildman–Crippen LogP) is 8.09. The molecule has 3 aliphatic heterocycles. The molecule has 0 aromatic heterocycles. The Bertz CT molecular complexity index is 2120. The molecule has 4 aromatic carbocycles. The number of carbonyl (C=O) groups excluding carboxylic acids is 2. The third kappa shape index (κ3) is 8.19. The predicted molar refractivity (Wildman–Crippen MR) is 211 cm³/mol. The highest BCUT2D eigenvalue weighted by atomic mass is 32.2. The van der Waals surface area contributed by atoms with E-state index in [9.17, 15) is 18.0 Å². The van der Waals surface area contributed by atoms with Crippen molar-refractivity contribution in [3.05, 3.63) is 91.0 Å². The van der Waals surface area contributed by atoms with Crippen LogP contribution >= 0.6 is 0 Å². The minimum absolute atomic E-state index is 0.0391. The highest BCUT2D eigenvalue weighted by Gasteiger charge is 2.51. The molecule has 10 nitrogen and oxygen atoms in total. The van der Waals surface area contributed by atoms with Gasteiger partial charge in [-0.15, -0.1) is 0 Å². The molecule has 290 valence electrons. The molecule has 4 aliphatic rings. The maximum Gasteiger partial charge on any atom is 0.407 e. The van der Waals surface area contributed by atoms with Gasteiger partial charge in [0.05, 0.1) is 17.5 Å². The van der Waals surface area contributed by atoms with E-state index < -0.39 is 33.9 Å². The topological polar surface area (TPSA) is 114 Å². The summed E-state index contributed by atoms with van der Waals surface area (Å²) < 4.78 is 48.8. The molecule has 0 radical (unpaired) electrons. The molecule has 1 N–H and O–H groups in total. The molecule has 0 spiro atoms. The lowest BCUT2D eigenvalue weighted by Gasteiger charge is -2.41. The number of hydrogen-bond acceptors (Lipinski definition) is 7. The van der Waals surface area contributed by atoms with Crippen LogP contribution in [-0.2, 0) is 19.6 Å². The SMILES string of the molecule is CC(C)(C)OC(=O)NC1CC2CCC(C1)N2C(=O)[C@@H]1C[C@H](Oc2ccc(-c3ccccc3)cc2)CN1S(=O)(=O)c1ccc2cc(OC3CCCC3)ccc2c1. The van der Waals surface area contributed by atoms with E-state index in [2.05, 4.69) is 5.32 Å². The zero-order valence-electron chi connectivity index (χ0n) is 31.9. The van der Waals surface area contributed by atoms with Crippen LogP contribution in [0.25, 0.3) is 21.9 Å². The van der Waals surface area contributed by atoms with Gasteiger partial charge in [0, 0.05) is 24.5 Å². The summed E-state index contributed by atoms with van der Waals surface area (Å²) >= 11 is 0. The number of ether oxygens (including phenoxy) is 3. The fraction of sp³-hybridized carbons (Fsp3) is 0.455. The number of benzene rings is 4. The van der Waals surface area contributed by atoms with Gasteiger partial charge in [-0.3, -0.25) is 4.79 Å². The zero-order chi connectivity index (χ0) is 38.3. The number of piperidine rings is 1. The maximum absolute atomic E-state index is 14.7. The van der Waals surface area contributed by atoms with E-state index in [4.69, 9.17) is 14.2 Å². The van der Waals surface area contributed by atoms with E-state index in [1.807, 2.05) is 105 Å². The molecule has 1 saturated carbocycles. The van der Waals surface area contributed by atoms with Gasteiger partial charge in [-0.25, -0.2) is 13.2 Å². The van der Waals surface area contributed by atoms with Crippen molar-refractivity contribution in [2.45, 2.75) is 125 Å². The van der Waals surface area contributed by atoms with E-state index in [0.717, 1.165) is 53.3 Å². The van der Waals surface area contributed by atoms with Crippen LogP contribution in [0.5, 0.6) is 11.5 Å². The van der Waals surface area contributed by atoms with Crippen molar-refractivity contribution < 1.29 is 32.2 Å². The molecule has 4 fully saturated rings. The summed E-state index contributed by atoms with van der Waals surface area (Å²) in [4.78, 5) is 29.4. The summed E-state index contributed by atoms with van der Waals surface area (Å²) in [6.07, 6.45) is 6.69. The van der Waals surface area contributed by atoms with Gasteiger partial charge in [0.15, 0.2) is 0 Å².